The standard InChI is InChI=1S/C27H24N4O6/c1-16-24(30-26(34)36-17(2)18-6-4-3-5-7-18)22(37-31-16)9-8-19-14-20-21(28-19)15-23(29-20)27(25(32)33)10-12-35-13-11-27/h3-7,14-15,17H,10-13H2,1-2H3,(H,30,34)(H,32,33). The SMILES string of the molecule is Cc1noc(C#CC2=CC3=NC(C4(C(=O)O)CCOCC4)=CC3=N2)c1NC(=O)OC(C)c1ccccc1. The van der Waals surface area contributed by atoms with E-state index >= 15 is 0 Å². The smallest absolute Gasteiger partial charge is 0.412 e. The molecule has 10 heteroatoms. The van der Waals surface area contributed by atoms with E-state index in [0.29, 0.717) is 60.3 Å². The third kappa shape index (κ3) is 4.81. The quantitative estimate of drug-likeness (QED) is 0.587. The Labute approximate surface area is 212 Å². The molecule has 0 radical (unpaired) electrons. The minimum atomic E-state index is -1.07. The summed E-state index contributed by atoms with van der Waals surface area (Å²) in [5.41, 5.74) is 2.61. The first-order chi connectivity index (χ1) is 17.9. The number of allylic oxidation sites excluding steroid dienone is 3. The summed E-state index contributed by atoms with van der Waals surface area (Å²) in [5.74, 6) is 4.99. The summed E-state index contributed by atoms with van der Waals surface area (Å²) in [6.07, 6.45) is 3.01. The highest BCUT2D eigenvalue weighted by Crippen LogP contribution is 2.41. The Hall–Kier alpha value is -4.49. The third-order valence-corrected chi connectivity index (χ3v) is 6.48. The van der Waals surface area contributed by atoms with Gasteiger partial charge in [-0.1, -0.05) is 35.5 Å². The zero-order valence-electron chi connectivity index (χ0n) is 20.3. The van der Waals surface area contributed by atoms with Crippen LogP contribution in [-0.2, 0) is 14.3 Å². The van der Waals surface area contributed by atoms with Gasteiger partial charge in [0.05, 0.1) is 17.1 Å². The molecule has 1 atom stereocenters. The molecule has 0 saturated carbocycles. The number of nitrogens with one attached hydrogen (secondary N) is 1. The zero-order chi connectivity index (χ0) is 26.0. The molecule has 1 aromatic carbocycles. The molecule has 0 bridgehead atoms. The van der Waals surface area contributed by atoms with Crippen molar-refractivity contribution in [2.24, 2.45) is 15.4 Å². The molecule has 0 spiro atoms. The Balaban J connectivity index is 1.28. The highest BCUT2D eigenvalue weighted by Gasteiger charge is 2.46. The topological polar surface area (TPSA) is 136 Å². The number of aromatic nitrogens is 1. The van der Waals surface area contributed by atoms with E-state index in [1.165, 1.54) is 0 Å². The Morgan fingerprint density at radius 3 is 2.54 bits per heavy atom. The zero-order valence-corrected chi connectivity index (χ0v) is 20.3. The van der Waals surface area contributed by atoms with Crippen molar-refractivity contribution >= 4 is 29.2 Å². The second kappa shape index (κ2) is 9.87. The molecule has 3 aliphatic heterocycles. The van der Waals surface area contributed by atoms with Gasteiger partial charge in [-0.2, -0.15) is 0 Å². The largest absolute Gasteiger partial charge is 0.481 e. The molecule has 1 amide bonds. The van der Waals surface area contributed by atoms with Gasteiger partial charge in [0.15, 0.2) is 0 Å². The van der Waals surface area contributed by atoms with E-state index in [-0.39, 0.29) is 5.76 Å². The van der Waals surface area contributed by atoms with E-state index in [4.69, 9.17) is 14.0 Å². The van der Waals surface area contributed by atoms with Crippen LogP contribution in [0.4, 0.5) is 10.5 Å². The van der Waals surface area contributed by atoms with Crippen molar-refractivity contribution in [1.29, 1.82) is 0 Å². The molecule has 10 nitrogen and oxygen atoms in total. The van der Waals surface area contributed by atoms with Crippen LogP contribution in [0, 0.1) is 24.2 Å². The number of amides is 1. The summed E-state index contributed by atoms with van der Waals surface area (Å²) >= 11 is 0. The number of hydrogen-bond acceptors (Lipinski definition) is 8. The van der Waals surface area contributed by atoms with Crippen molar-refractivity contribution in [3.8, 4) is 11.8 Å². The number of carboxylic acids is 1. The fraction of sp³-hybridized carbons (Fsp3) is 0.296. The predicted molar refractivity (Wildman–Crippen MR) is 134 cm³/mol. The number of benzene rings is 1. The molecule has 0 aliphatic carbocycles. The van der Waals surface area contributed by atoms with Gasteiger partial charge >= 0.3 is 12.1 Å². The van der Waals surface area contributed by atoms with Gasteiger partial charge in [-0.3, -0.25) is 10.1 Å². The first-order valence-electron chi connectivity index (χ1n) is 11.8. The van der Waals surface area contributed by atoms with E-state index in [1.54, 1.807) is 26.0 Å². The second-order valence-corrected chi connectivity index (χ2v) is 8.86. The van der Waals surface area contributed by atoms with Crippen molar-refractivity contribution < 1.29 is 28.7 Å². The summed E-state index contributed by atoms with van der Waals surface area (Å²) in [5, 5.41) is 16.4. The Morgan fingerprint density at radius 1 is 1.11 bits per heavy atom. The minimum absolute atomic E-state index is 0.158. The summed E-state index contributed by atoms with van der Waals surface area (Å²) in [6, 6.07) is 9.38. The Kier molecular flexibility index (Phi) is 6.46. The van der Waals surface area contributed by atoms with Crippen LogP contribution in [0.15, 0.2) is 68.4 Å². The Morgan fingerprint density at radius 2 is 1.84 bits per heavy atom. The lowest BCUT2D eigenvalue weighted by atomic mass is 9.77. The van der Waals surface area contributed by atoms with Crippen LogP contribution in [0.3, 0.4) is 0 Å². The average Bonchev–Trinajstić information content (AvgIpc) is 3.57. The van der Waals surface area contributed by atoms with Gasteiger partial charge in [-0.15, -0.1) is 0 Å². The number of aliphatic carboxylic acids is 1. The molecule has 37 heavy (non-hydrogen) atoms. The number of aryl methyl sites for hydroxylation is 1. The van der Waals surface area contributed by atoms with Gasteiger partial charge in [-0.25, -0.2) is 14.8 Å². The fourth-order valence-corrected chi connectivity index (χ4v) is 4.33. The van der Waals surface area contributed by atoms with E-state index in [0.717, 1.165) is 5.56 Å². The van der Waals surface area contributed by atoms with E-state index in [2.05, 4.69) is 32.3 Å². The maximum atomic E-state index is 12.5. The summed E-state index contributed by atoms with van der Waals surface area (Å²) < 4.78 is 16.1. The van der Waals surface area contributed by atoms with Gasteiger partial charge in [0.25, 0.3) is 0 Å². The lowest BCUT2D eigenvalue weighted by Crippen LogP contribution is -2.38. The van der Waals surface area contributed by atoms with Crippen LogP contribution in [0.25, 0.3) is 0 Å². The lowest BCUT2D eigenvalue weighted by Gasteiger charge is -2.32. The minimum Gasteiger partial charge on any atom is -0.481 e. The number of fused-ring (bicyclic) bond motifs is 1. The number of ether oxygens (including phenoxy) is 2. The molecular formula is C27H24N4O6. The van der Waals surface area contributed by atoms with E-state index < -0.39 is 23.6 Å². The molecule has 3 aliphatic rings. The van der Waals surface area contributed by atoms with Crippen molar-refractivity contribution in [2.75, 3.05) is 18.5 Å². The summed E-state index contributed by atoms with van der Waals surface area (Å²) in [6.45, 7) is 4.21. The van der Waals surface area contributed by atoms with Gasteiger partial charge < -0.3 is 19.1 Å². The number of nitrogens with zero attached hydrogens (tertiary/aromatic N) is 3. The maximum Gasteiger partial charge on any atom is 0.412 e. The number of carbonyl (C=O) groups is 2. The molecule has 4 heterocycles. The summed E-state index contributed by atoms with van der Waals surface area (Å²) in [4.78, 5) is 33.5. The van der Waals surface area contributed by atoms with Crippen molar-refractivity contribution in [2.45, 2.75) is 32.8 Å². The number of rotatable bonds is 5. The van der Waals surface area contributed by atoms with Gasteiger partial charge in [0.2, 0.25) is 5.76 Å². The lowest BCUT2D eigenvalue weighted by molar-refractivity contribution is -0.151. The first kappa shape index (κ1) is 24.2. The molecule has 1 aromatic heterocycles. The van der Waals surface area contributed by atoms with Crippen LogP contribution in [0.1, 0.15) is 42.9 Å². The maximum absolute atomic E-state index is 12.5. The average molecular weight is 501 g/mol. The van der Waals surface area contributed by atoms with E-state index in [1.807, 2.05) is 30.3 Å². The highest BCUT2D eigenvalue weighted by molar-refractivity contribution is 6.54. The molecule has 1 unspecified atom stereocenters. The van der Waals surface area contributed by atoms with Crippen LogP contribution in [0.5, 0.6) is 0 Å². The monoisotopic (exact) mass is 500 g/mol. The number of anilines is 1. The molecule has 5 rings (SSSR count). The Bertz CT molecular complexity index is 1430. The van der Waals surface area contributed by atoms with Gasteiger partial charge in [0.1, 0.15) is 28.6 Å². The second-order valence-electron chi connectivity index (χ2n) is 8.86. The third-order valence-electron chi connectivity index (χ3n) is 6.48. The van der Waals surface area contributed by atoms with Crippen molar-refractivity contribution in [1.82, 2.24) is 5.16 Å². The molecule has 2 N–H and O–H groups in total. The number of carboxylic acid groups (broad SMARTS) is 1. The summed E-state index contributed by atoms with van der Waals surface area (Å²) in [7, 11) is 0. The number of aliphatic imine (C=N–C) groups is 2. The normalized spacial score (nSPS) is 18.3. The first-order valence-corrected chi connectivity index (χ1v) is 11.8. The molecule has 188 valence electrons. The molecular weight excluding hydrogens is 476 g/mol. The molecule has 1 saturated heterocycles. The highest BCUT2D eigenvalue weighted by atomic mass is 16.6. The van der Waals surface area contributed by atoms with Crippen LogP contribution >= 0.6 is 0 Å². The number of carbonyl (C=O) groups excluding carboxylic acids is 1. The van der Waals surface area contributed by atoms with Gasteiger partial charge in [0, 0.05) is 19.3 Å². The van der Waals surface area contributed by atoms with Crippen LogP contribution < -0.4 is 5.32 Å². The molecule has 1 fully saturated rings. The number of hydrogen-bond donors (Lipinski definition) is 2. The van der Waals surface area contributed by atoms with Crippen molar-refractivity contribution in [3.63, 3.8) is 0 Å². The predicted octanol–water partition coefficient (Wildman–Crippen LogP) is 4.20. The van der Waals surface area contributed by atoms with Crippen LogP contribution in [0.2, 0.25) is 0 Å². The van der Waals surface area contributed by atoms with Crippen LogP contribution in [-0.4, -0.2) is 47.0 Å². The molecule has 2 aromatic rings. The van der Waals surface area contributed by atoms with E-state index in [9.17, 15) is 14.7 Å². The fourth-order valence-electron chi connectivity index (χ4n) is 4.33. The van der Waals surface area contributed by atoms with Crippen molar-refractivity contribution in [3.05, 3.63) is 70.9 Å². The van der Waals surface area contributed by atoms with Gasteiger partial charge in [-0.05, 0) is 50.2 Å².